The van der Waals surface area contributed by atoms with Gasteiger partial charge in [0.05, 0.1) is 35.1 Å². The number of anilines is 2. The minimum atomic E-state index is -0.182. The highest BCUT2D eigenvalue weighted by atomic mass is 32.1. The Kier molecular flexibility index (Phi) is 6.56. The fourth-order valence-electron chi connectivity index (χ4n) is 4.15. The number of rotatable bonds is 7. The molecular formula is C28H25N5O2S. The predicted octanol–water partition coefficient (Wildman–Crippen LogP) is 6.11. The fourth-order valence-corrected chi connectivity index (χ4v) is 4.80. The minimum absolute atomic E-state index is 0.182. The van der Waals surface area contributed by atoms with Crippen LogP contribution in [0.1, 0.15) is 39.7 Å². The van der Waals surface area contributed by atoms with Crippen molar-refractivity contribution in [2.75, 3.05) is 5.32 Å². The van der Waals surface area contributed by atoms with Crippen molar-refractivity contribution >= 4 is 34.1 Å². The number of carbonyl (C=O) groups is 1. The fraction of sp³-hybridized carbons (Fsp3) is 0.179. The van der Waals surface area contributed by atoms with Gasteiger partial charge in [0.15, 0.2) is 0 Å². The zero-order valence-corrected chi connectivity index (χ0v) is 20.8. The first kappa shape index (κ1) is 23.4. The number of hydrogen-bond donors (Lipinski definition) is 2. The Morgan fingerprint density at radius 2 is 2.14 bits per heavy atom. The van der Waals surface area contributed by atoms with Crippen LogP contribution in [-0.4, -0.2) is 15.5 Å². The number of amides is 1. The third-order valence-corrected chi connectivity index (χ3v) is 7.03. The molecule has 0 radical (unpaired) electrons. The molecule has 1 unspecified atom stereocenters. The van der Waals surface area contributed by atoms with Crippen molar-refractivity contribution in [2.24, 2.45) is 5.92 Å². The molecule has 3 heterocycles. The molecule has 7 nitrogen and oxygen atoms in total. The van der Waals surface area contributed by atoms with E-state index < -0.39 is 0 Å². The highest BCUT2D eigenvalue weighted by Gasteiger charge is 2.20. The topological polar surface area (TPSA) is 91.5 Å². The number of benzene rings is 1. The average Bonchev–Trinajstić information content (AvgIpc) is 3.53. The third-order valence-electron chi connectivity index (χ3n) is 6.16. The first-order valence-electron chi connectivity index (χ1n) is 11.7. The first-order chi connectivity index (χ1) is 17.5. The van der Waals surface area contributed by atoms with Crippen LogP contribution in [0.2, 0.25) is 0 Å². The molecule has 1 aromatic carbocycles. The van der Waals surface area contributed by atoms with E-state index in [4.69, 9.17) is 4.74 Å². The number of fused-ring (bicyclic) bond motifs is 1. The summed E-state index contributed by atoms with van der Waals surface area (Å²) in [6, 6.07) is 13.8. The van der Waals surface area contributed by atoms with Crippen molar-refractivity contribution in [3.05, 3.63) is 99.7 Å². The Bertz CT molecular complexity index is 1510. The van der Waals surface area contributed by atoms with Crippen LogP contribution in [0.25, 0.3) is 5.52 Å². The molecule has 8 heteroatoms. The summed E-state index contributed by atoms with van der Waals surface area (Å²) in [5, 5.41) is 22.4. The van der Waals surface area contributed by atoms with Crippen LogP contribution in [0.4, 0.5) is 11.4 Å². The molecule has 2 N–H and O–H groups in total. The highest BCUT2D eigenvalue weighted by molar-refractivity contribution is 7.09. The summed E-state index contributed by atoms with van der Waals surface area (Å²) in [6.07, 6.45) is 10.3. The number of aromatic nitrogens is 2. The molecule has 0 bridgehead atoms. The summed E-state index contributed by atoms with van der Waals surface area (Å²) >= 11 is 1.60. The van der Waals surface area contributed by atoms with E-state index in [-0.39, 0.29) is 5.91 Å². The number of carbonyl (C=O) groups excluding carboxylic acids is 1. The van der Waals surface area contributed by atoms with Gasteiger partial charge in [0.1, 0.15) is 17.6 Å². The van der Waals surface area contributed by atoms with Crippen LogP contribution in [0.5, 0.6) is 5.75 Å². The van der Waals surface area contributed by atoms with Gasteiger partial charge in [0.2, 0.25) is 0 Å². The number of thiophene rings is 1. The largest absolute Gasteiger partial charge is 0.461 e. The van der Waals surface area contributed by atoms with Crippen molar-refractivity contribution in [2.45, 2.75) is 26.8 Å². The van der Waals surface area contributed by atoms with Gasteiger partial charge >= 0.3 is 0 Å². The van der Waals surface area contributed by atoms with Gasteiger partial charge in [-0.25, -0.2) is 4.52 Å². The van der Waals surface area contributed by atoms with Gasteiger partial charge in [-0.05, 0) is 60.7 Å². The average molecular weight is 496 g/mol. The van der Waals surface area contributed by atoms with Gasteiger partial charge in [-0.3, -0.25) is 4.79 Å². The smallest absolute Gasteiger partial charge is 0.253 e. The van der Waals surface area contributed by atoms with Gasteiger partial charge in [-0.2, -0.15) is 10.4 Å². The van der Waals surface area contributed by atoms with Gasteiger partial charge in [-0.15, -0.1) is 11.3 Å². The molecule has 5 rings (SSSR count). The van der Waals surface area contributed by atoms with Gasteiger partial charge < -0.3 is 15.4 Å². The molecule has 0 fully saturated rings. The van der Waals surface area contributed by atoms with Crippen LogP contribution in [0.3, 0.4) is 0 Å². The van der Waals surface area contributed by atoms with E-state index >= 15 is 0 Å². The lowest BCUT2D eigenvalue weighted by Gasteiger charge is -2.18. The van der Waals surface area contributed by atoms with Crippen LogP contribution in [0, 0.1) is 24.2 Å². The molecule has 3 aromatic heterocycles. The molecule has 0 saturated heterocycles. The summed E-state index contributed by atoms with van der Waals surface area (Å²) < 4.78 is 7.70. The molecule has 0 saturated carbocycles. The second-order valence-corrected chi connectivity index (χ2v) is 9.69. The van der Waals surface area contributed by atoms with Crippen molar-refractivity contribution in [3.63, 3.8) is 0 Å². The van der Waals surface area contributed by atoms with Crippen LogP contribution in [0.15, 0.2) is 78.2 Å². The SMILES string of the molecule is Cc1c(C(=O)NCc2cccs2)cn2ncc(C#N)c(Nc3ccc(OC4=CC=CCC4C)cc3)c12. The zero-order chi connectivity index (χ0) is 25.1. The number of nitrogens with one attached hydrogen (secondary N) is 2. The Hall–Kier alpha value is -4.35. The monoisotopic (exact) mass is 495 g/mol. The maximum atomic E-state index is 12.9. The number of allylic oxidation sites excluding steroid dienone is 4. The predicted molar refractivity (Wildman–Crippen MR) is 141 cm³/mol. The molecular weight excluding hydrogens is 470 g/mol. The quantitative estimate of drug-likeness (QED) is 0.323. The van der Waals surface area contributed by atoms with E-state index in [1.807, 2.05) is 60.9 Å². The standard InChI is InChI=1S/C28H25N5O2S/c1-18-6-3-4-8-25(18)35-22-11-9-21(10-12-22)32-26-20(14-29)15-31-33-17-24(19(2)27(26)33)28(34)30-16-23-7-5-13-36-23/h3-5,7-13,15,17-18,32H,6,16H2,1-2H3,(H,30,34). The van der Waals surface area contributed by atoms with E-state index in [0.29, 0.717) is 34.8 Å². The number of hydrogen-bond acceptors (Lipinski definition) is 6. The highest BCUT2D eigenvalue weighted by Crippen LogP contribution is 2.31. The number of nitrogens with zero attached hydrogens (tertiary/aromatic N) is 3. The van der Waals surface area contributed by atoms with Gasteiger partial charge in [0.25, 0.3) is 5.91 Å². The molecule has 4 aromatic rings. The first-order valence-corrected chi connectivity index (χ1v) is 12.5. The summed E-state index contributed by atoms with van der Waals surface area (Å²) in [6.45, 7) is 4.47. The molecule has 1 aliphatic rings. The van der Waals surface area contributed by atoms with Gasteiger partial charge in [-0.1, -0.05) is 25.1 Å². The Labute approximate surface area is 213 Å². The zero-order valence-electron chi connectivity index (χ0n) is 20.0. The molecule has 0 spiro atoms. The van der Waals surface area contributed by atoms with E-state index in [2.05, 4.69) is 34.8 Å². The van der Waals surface area contributed by atoms with Crippen LogP contribution in [-0.2, 0) is 6.54 Å². The maximum Gasteiger partial charge on any atom is 0.253 e. The molecule has 1 atom stereocenters. The maximum absolute atomic E-state index is 12.9. The molecule has 180 valence electrons. The van der Waals surface area contributed by atoms with E-state index in [1.165, 1.54) is 6.20 Å². The lowest BCUT2D eigenvalue weighted by molar-refractivity contribution is 0.0951. The van der Waals surface area contributed by atoms with E-state index in [9.17, 15) is 10.1 Å². The lowest BCUT2D eigenvalue weighted by Crippen LogP contribution is -2.22. The lowest BCUT2D eigenvalue weighted by atomic mass is 10.0. The molecule has 1 aliphatic carbocycles. The van der Waals surface area contributed by atoms with Crippen LogP contribution >= 0.6 is 11.3 Å². The van der Waals surface area contributed by atoms with Crippen molar-refractivity contribution < 1.29 is 9.53 Å². The normalized spacial score (nSPS) is 14.8. The summed E-state index contributed by atoms with van der Waals surface area (Å²) in [4.78, 5) is 14.0. The number of nitriles is 1. The molecule has 1 amide bonds. The summed E-state index contributed by atoms with van der Waals surface area (Å²) in [7, 11) is 0. The Morgan fingerprint density at radius 3 is 2.86 bits per heavy atom. The third kappa shape index (κ3) is 4.74. The second kappa shape index (κ2) is 10.1. The van der Waals surface area contributed by atoms with E-state index in [0.717, 1.165) is 34.1 Å². The van der Waals surface area contributed by atoms with E-state index in [1.54, 1.807) is 22.0 Å². The summed E-state index contributed by atoms with van der Waals surface area (Å²) in [5.41, 5.74) is 3.74. The van der Waals surface area contributed by atoms with Gasteiger partial charge in [0, 0.05) is 22.7 Å². The molecule has 0 aliphatic heterocycles. The second-order valence-electron chi connectivity index (χ2n) is 8.65. The minimum Gasteiger partial charge on any atom is -0.461 e. The van der Waals surface area contributed by atoms with Crippen LogP contribution < -0.4 is 15.4 Å². The van der Waals surface area contributed by atoms with Crippen molar-refractivity contribution in [1.82, 2.24) is 14.9 Å². The number of ether oxygens (including phenoxy) is 1. The number of aryl methyl sites for hydroxylation is 1. The van der Waals surface area contributed by atoms with Crippen molar-refractivity contribution in [1.29, 1.82) is 5.26 Å². The molecule has 36 heavy (non-hydrogen) atoms. The Balaban J connectivity index is 1.40. The van der Waals surface area contributed by atoms with Crippen molar-refractivity contribution in [3.8, 4) is 11.8 Å². The summed E-state index contributed by atoms with van der Waals surface area (Å²) in [5.74, 6) is 1.84. The Morgan fingerprint density at radius 1 is 1.31 bits per heavy atom.